The number of rotatable bonds is 7. The summed E-state index contributed by atoms with van der Waals surface area (Å²) in [7, 11) is 0. The molecule has 0 spiro atoms. The quantitative estimate of drug-likeness (QED) is 0.789. The molecule has 0 unspecified atom stereocenters. The lowest BCUT2D eigenvalue weighted by atomic mass is 10.0. The fraction of sp³-hybridized carbons (Fsp3) is 0.471. The Morgan fingerprint density at radius 3 is 2.39 bits per heavy atom. The molecule has 1 aromatic carbocycles. The van der Waals surface area contributed by atoms with Gasteiger partial charge in [0.2, 0.25) is 5.91 Å². The van der Waals surface area contributed by atoms with Gasteiger partial charge in [0.05, 0.1) is 5.75 Å². The molecule has 1 heterocycles. The highest BCUT2D eigenvalue weighted by Crippen LogP contribution is 2.23. The standard InChI is InChI=1S/C17H24N4OS/c1-5-13-9-8-10-14(6-2)16(13)18-15(22)11-23-17-20-19-12(4)21(17)7-3/h8-10H,5-7,11H2,1-4H3,(H,18,22). The molecule has 0 bridgehead atoms. The summed E-state index contributed by atoms with van der Waals surface area (Å²) in [5, 5.41) is 12.1. The molecule has 0 radical (unpaired) electrons. The first kappa shape index (κ1) is 17.5. The van der Waals surface area contributed by atoms with Crippen LogP contribution < -0.4 is 5.32 Å². The van der Waals surface area contributed by atoms with E-state index in [1.54, 1.807) is 0 Å². The number of amides is 1. The van der Waals surface area contributed by atoms with Crippen LogP contribution in [0.25, 0.3) is 0 Å². The molecule has 2 rings (SSSR count). The third-order valence-corrected chi connectivity index (χ3v) is 4.78. The van der Waals surface area contributed by atoms with Crippen LogP contribution in [0, 0.1) is 6.92 Å². The van der Waals surface area contributed by atoms with Crippen molar-refractivity contribution in [2.24, 2.45) is 0 Å². The van der Waals surface area contributed by atoms with E-state index in [2.05, 4.69) is 47.6 Å². The number of carbonyl (C=O) groups excluding carboxylic acids is 1. The van der Waals surface area contributed by atoms with Gasteiger partial charge >= 0.3 is 0 Å². The molecule has 124 valence electrons. The summed E-state index contributed by atoms with van der Waals surface area (Å²) >= 11 is 1.42. The van der Waals surface area contributed by atoms with Crippen molar-refractivity contribution in [1.29, 1.82) is 0 Å². The molecule has 1 aromatic heterocycles. The Kier molecular flexibility index (Phi) is 6.21. The molecule has 0 aliphatic rings. The third kappa shape index (κ3) is 4.13. The Morgan fingerprint density at radius 1 is 1.17 bits per heavy atom. The molecule has 6 heteroatoms. The number of para-hydroxylation sites is 1. The maximum Gasteiger partial charge on any atom is 0.234 e. The number of hydrogen-bond acceptors (Lipinski definition) is 4. The van der Waals surface area contributed by atoms with Crippen LogP contribution in [0.1, 0.15) is 37.7 Å². The molecule has 0 fully saturated rings. The number of thioether (sulfide) groups is 1. The second-order valence-corrected chi connectivity index (χ2v) is 6.21. The third-order valence-electron chi connectivity index (χ3n) is 3.81. The smallest absolute Gasteiger partial charge is 0.234 e. The number of benzene rings is 1. The van der Waals surface area contributed by atoms with Gasteiger partial charge in [0.15, 0.2) is 5.16 Å². The Morgan fingerprint density at radius 2 is 1.83 bits per heavy atom. The zero-order chi connectivity index (χ0) is 16.8. The van der Waals surface area contributed by atoms with Gasteiger partial charge in [-0.1, -0.05) is 43.8 Å². The second-order valence-electron chi connectivity index (χ2n) is 5.27. The largest absolute Gasteiger partial charge is 0.325 e. The first-order valence-corrected chi connectivity index (χ1v) is 9.02. The molecule has 0 atom stereocenters. The number of aryl methyl sites for hydroxylation is 3. The highest BCUT2D eigenvalue weighted by molar-refractivity contribution is 7.99. The molecular weight excluding hydrogens is 308 g/mol. The molecule has 23 heavy (non-hydrogen) atoms. The number of hydrogen-bond donors (Lipinski definition) is 1. The summed E-state index contributed by atoms with van der Waals surface area (Å²) in [6.07, 6.45) is 1.81. The summed E-state index contributed by atoms with van der Waals surface area (Å²) in [5.74, 6) is 1.20. The normalized spacial score (nSPS) is 10.8. The van der Waals surface area contributed by atoms with Crippen LogP contribution in [-0.4, -0.2) is 26.4 Å². The Hall–Kier alpha value is -1.82. The van der Waals surface area contributed by atoms with Crippen molar-refractivity contribution in [1.82, 2.24) is 14.8 Å². The number of carbonyl (C=O) groups is 1. The topological polar surface area (TPSA) is 59.8 Å². The average molecular weight is 332 g/mol. The molecule has 0 aliphatic heterocycles. The van der Waals surface area contributed by atoms with Crippen LogP contribution >= 0.6 is 11.8 Å². The number of nitrogens with one attached hydrogen (secondary N) is 1. The number of anilines is 1. The monoisotopic (exact) mass is 332 g/mol. The highest BCUT2D eigenvalue weighted by atomic mass is 32.2. The van der Waals surface area contributed by atoms with Crippen molar-refractivity contribution >= 4 is 23.4 Å². The van der Waals surface area contributed by atoms with Crippen LogP contribution in [0.15, 0.2) is 23.4 Å². The van der Waals surface area contributed by atoms with Crippen molar-refractivity contribution in [2.45, 2.75) is 52.2 Å². The van der Waals surface area contributed by atoms with Gasteiger partial charge in [-0.05, 0) is 37.8 Å². The lowest BCUT2D eigenvalue weighted by molar-refractivity contribution is -0.113. The second kappa shape index (κ2) is 8.15. The van der Waals surface area contributed by atoms with Gasteiger partial charge in [-0.25, -0.2) is 0 Å². The predicted octanol–water partition coefficient (Wildman–Crippen LogP) is 3.46. The molecular formula is C17H24N4OS. The van der Waals surface area contributed by atoms with E-state index in [4.69, 9.17) is 0 Å². The van der Waals surface area contributed by atoms with Gasteiger partial charge in [0.25, 0.3) is 0 Å². The van der Waals surface area contributed by atoms with Gasteiger partial charge in [-0.3, -0.25) is 4.79 Å². The van der Waals surface area contributed by atoms with E-state index in [-0.39, 0.29) is 5.91 Å². The van der Waals surface area contributed by atoms with Crippen LogP contribution in [0.4, 0.5) is 5.69 Å². The highest BCUT2D eigenvalue weighted by Gasteiger charge is 2.13. The molecule has 2 aromatic rings. The lowest BCUT2D eigenvalue weighted by Gasteiger charge is -2.14. The first-order valence-electron chi connectivity index (χ1n) is 8.03. The zero-order valence-corrected chi connectivity index (χ0v) is 15.0. The Balaban J connectivity index is 2.05. The SMILES string of the molecule is CCc1cccc(CC)c1NC(=O)CSc1nnc(C)n1CC. The van der Waals surface area contributed by atoms with E-state index in [9.17, 15) is 4.79 Å². The molecule has 0 saturated carbocycles. The van der Waals surface area contributed by atoms with Gasteiger partial charge in [-0.15, -0.1) is 10.2 Å². The van der Waals surface area contributed by atoms with Crippen molar-refractivity contribution in [3.05, 3.63) is 35.2 Å². The van der Waals surface area contributed by atoms with Crippen molar-refractivity contribution in [3.63, 3.8) is 0 Å². The molecule has 1 amide bonds. The van der Waals surface area contributed by atoms with Crippen LogP contribution in [0.5, 0.6) is 0 Å². The van der Waals surface area contributed by atoms with Crippen molar-refractivity contribution < 1.29 is 4.79 Å². The summed E-state index contributed by atoms with van der Waals surface area (Å²) in [5.41, 5.74) is 3.32. The minimum atomic E-state index is -0.00564. The van der Waals surface area contributed by atoms with Crippen molar-refractivity contribution in [2.75, 3.05) is 11.1 Å². The zero-order valence-electron chi connectivity index (χ0n) is 14.2. The fourth-order valence-electron chi connectivity index (χ4n) is 2.54. The minimum Gasteiger partial charge on any atom is -0.325 e. The van der Waals surface area contributed by atoms with Crippen LogP contribution in [-0.2, 0) is 24.2 Å². The van der Waals surface area contributed by atoms with Crippen LogP contribution in [0.2, 0.25) is 0 Å². The minimum absolute atomic E-state index is 0.00564. The van der Waals surface area contributed by atoms with Crippen LogP contribution in [0.3, 0.4) is 0 Å². The van der Waals surface area contributed by atoms with Gasteiger partial charge in [-0.2, -0.15) is 0 Å². The molecule has 0 saturated heterocycles. The van der Waals surface area contributed by atoms with Gasteiger partial charge in [0, 0.05) is 12.2 Å². The molecule has 1 N–H and O–H groups in total. The Bertz CT molecular complexity index is 659. The first-order chi connectivity index (χ1) is 11.1. The molecule has 5 nitrogen and oxygen atoms in total. The fourth-order valence-corrected chi connectivity index (χ4v) is 3.39. The van der Waals surface area contributed by atoms with E-state index >= 15 is 0 Å². The molecule has 0 aliphatic carbocycles. The van der Waals surface area contributed by atoms with Crippen molar-refractivity contribution in [3.8, 4) is 0 Å². The summed E-state index contributed by atoms with van der Waals surface area (Å²) in [6, 6.07) is 6.19. The predicted molar refractivity (Wildman–Crippen MR) is 95.0 cm³/mol. The van der Waals surface area contributed by atoms with E-state index in [1.165, 1.54) is 22.9 Å². The van der Waals surface area contributed by atoms with E-state index in [1.807, 2.05) is 18.4 Å². The van der Waals surface area contributed by atoms with Gasteiger partial charge < -0.3 is 9.88 Å². The summed E-state index contributed by atoms with van der Waals surface area (Å²) in [6.45, 7) is 8.98. The summed E-state index contributed by atoms with van der Waals surface area (Å²) in [4.78, 5) is 12.3. The maximum atomic E-state index is 12.3. The number of aromatic nitrogens is 3. The van der Waals surface area contributed by atoms with Gasteiger partial charge in [0.1, 0.15) is 5.82 Å². The number of nitrogens with zero attached hydrogens (tertiary/aromatic N) is 3. The lowest BCUT2D eigenvalue weighted by Crippen LogP contribution is -2.17. The average Bonchev–Trinajstić information content (AvgIpc) is 2.92. The maximum absolute atomic E-state index is 12.3. The van der Waals surface area contributed by atoms with E-state index in [0.29, 0.717) is 5.75 Å². The summed E-state index contributed by atoms with van der Waals surface area (Å²) < 4.78 is 2.01. The van der Waals surface area contributed by atoms with E-state index in [0.717, 1.165) is 36.1 Å². The Labute approximate surface area is 141 Å². The van der Waals surface area contributed by atoms with E-state index < -0.39 is 0 Å².